The van der Waals surface area contributed by atoms with Gasteiger partial charge >= 0.3 is 0 Å². The maximum atomic E-state index is 11.5. The van der Waals surface area contributed by atoms with Gasteiger partial charge in [0.2, 0.25) is 5.91 Å². The first-order chi connectivity index (χ1) is 7.24. The van der Waals surface area contributed by atoms with Crippen molar-refractivity contribution in [2.24, 2.45) is 0 Å². The van der Waals surface area contributed by atoms with Crippen molar-refractivity contribution in [2.75, 3.05) is 10.6 Å². The third-order valence-corrected chi connectivity index (χ3v) is 2.64. The largest absolute Gasteiger partial charge is 0.326 e. The standard InChI is InChI=1S/C11H15BrN2O/c1-9-8-13-7-5-10(9)14-11(15)4-2-3-6-12/h5,7-8H,2-4,6H2,1H3,(H,13,14,15). The number of carbonyl (C=O) groups excluding carboxylic acids is 1. The van der Waals surface area contributed by atoms with Crippen molar-refractivity contribution in [3.63, 3.8) is 0 Å². The molecule has 1 amide bonds. The zero-order valence-electron chi connectivity index (χ0n) is 8.79. The number of nitrogens with one attached hydrogen (secondary N) is 1. The van der Waals surface area contributed by atoms with Crippen molar-refractivity contribution < 1.29 is 4.79 Å². The molecule has 4 heteroatoms. The molecule has 0 aliphatic carbocycles. The van der Waals surface area contributed by atoms with Gasteiger partial charge in [-0.3, -0.25) is 9.78 Å². The van der Waals surface area contributed by atoms with E-state index in [9.17, 15) is 4.79 Å². The highest BCUT2D eigenvalue weighted by Crippen LogP contribution is 2.12. The van der Waals surface area contributed by atoms with Crippen LogP contribution in [0.4, 0.5) is 5.69 Å². The van der Waals surface area contributed by atoms with Crippen LogP contribution in [-0.2, 0) is 4.79 Å². The van der Waals surface area contributed by atoms with E-state index >= 15 is 0 Å². The molecule has 0 bridgehead atoms. The van der Waals surface area contributed by atoms with E-state index in [1.54, 1.807) is 12.4 Å². The number of aromatic nitrogens is 1. The molecule has 15 heavy (non-hydrogen) atoms. The maximum Gasteiger partial charge on any atom is 0.224 e. The number of carbonyl (C=O) groups is 1. The lowest BCUT2D eigenvalue weighted by atomic mass is 10.2. The molecule has 3 nitrogen and oxygen atoms in total. The van der Waals surface area contributed by atoms with E-state index < -0.39 is 0 Å². The molecule has 0 saturated carbocycles. The molecule has 1 heterocycles. The van der Waals surface area contributed by atoms with Crippen LogP contribution >= 0.6 is 15.9 Å². The minimum atomic E-state index is 0.0743. The van der Waals surface area contributed by atoms with Crippen molar-refractivity contribution in [1.29, 1.82) is 0 Å². The van der Waals surface area contributed by atoms with Gasteiger partial charge in [0, 0.05) is 29.8 Å². The summed E-state index contributed by atoms with van der Waals surface area (Å²) in [5.74, 6) is 0.0743. The van der Waals surface area contributed by atoms with Crippen LogP contribution in [0.25, 0.3) is 0 Å². The molecule has 0 spiro atoms. The molecule has 0 saturated heterocycles. The van der Waals surface area contributed by atoms with E-state index in [1.165, 1.54) is 0 Å². The van der Waals surface area contributed by atoms with Gasteiger partial charge in [0.05, 0.1) is 0 Å². The highest BCUT2D eigenvalue weighted by atomic mass is 79.9. The average molecular weight is 271 g/mol. The highest BCUT2D eigenvalue weighted by Gasteiger charge is 2.03. The lowest BCUT2D eigenvalue weighted by Crippen LogP contribution is -2.12. The fourth-order valence-electron chi connectivity index (χ4n) is 1.21. The number of amides is 1. The molecule has 0 unspecified atom stereocenters. The summed E-state index contributed by atoms with van der Waals surface area (Å²) in [4.78, 5) is 15.5. The van der Waals surface area contributed by atoms with E-state index in [0.717, 1.165) is 29.4 Å². The Balaban J connectivity index is 2.41. The minimum absolute atomic E-state index is 0.0743. The second-order valence-electron chi connectivity index (χ2n) is 3.38. The van der Waals surface area contributed by atoms with Crippen molar-refractivity contribution in [3.8, 4) is 0 Å². The first kappa shape index (κ1) is 12.2. The SMILES string of the molecule is Cc1cnccc1NC(=O)CCCCBr. The van der Waals surface area contributed by atoms with E-state index in [2.05, 4.69) is 26.2 Å². The quantitative estimate of drug-likeness (QED) is 0.661. The molecular weight excluding hydrogens is 256 g/mol. The summed E-state index contributed by atoms with van der Waals surface area (Å²) >= 11 is 3.34. The number of anilines is 1. The van der Waals surface area contributed by atoms with Crippen LogP contribution in [-0.4, -0.2) is 16.2 Å². The Morgan fingerprint density at radius 2 is 2.33 bits per heavy atom. The van der Waals surface area contributed by atoms with Crippen LogP contribution < -0.4 is 5.32 Å². The van der Waals surface area contributed by atoms with Crippen molar-refractivity contribution in [3.05, 3.63) is 24.0 Å². The van der Waals surface area contributed by atoms with E-state index in [4.69, 9.17) is 0 Å². The number of rotatable bonds is 5. The maximum absolute atomic E-state index is 11.5. The fraction of sp³-hybridized carbons (Fsp3) is 0.455. The summed E-state index contributed by atoms with van der Waals surface area (Å²) in [5, 5.41) is 3.83. The van der Waals surface area contributed by atoms with Gasteiger partial charge in [-0.2, -0.15) is 0 Å². The van der Waals surface area contributed by atoms with Crippen LogP contribution in [0.2, 0.25) is 0 Å². The van der Waals surface area contributed by atoms with Gasteiger partial charge in [-0.05, 0) is 31.4 Å². The summed E-state index contributed by atoms with van der Waals surface area (Å²) < 4.78 is 0. The Morgan fingerprint density at radius 3 is 3.00 bits per heavy atom. The van der Waals surface area contributed by atoms with Gasteiger partial charge in [-0.25, -0.2) is 0 Å². The molecule has 1 aromatic heterocycles. The molecule has 0 aliphatic heterocycles. The Kier molecular flexibility index (Phi) is 5.32. The molecule has 0 aromatic carbocycles. The van der Waals surface area contributed by atoms with E-state index in [1.807, 2.05) is 13.0 Å². The zero-order chi connectivity index (χ0) is 11.1. The van der Waals surface area contributed by atoms with Crippen LogP contribution in [0.1, 0.15) is 24.8 Å². The number of pyridine rings is 1. The molecule has 0 aliphatic rings. The topological polar surface area (TPSA) is 42.0 Å². The third kappa shape index (κ3) is 4.42. The predicted molar refractivity (Wildman–Crippen MR) is 65.2 cm³/mol. The molecule has 0 fully saturated rings. The summed E-state index contributed by atoms with van der Waals surface area (Å²) in [7, 11) is 0. The Labute approximate surface area is 98.4 Å². The monoisotopic (exact) mass is 270 g/mol. The van der Waals surface area contributed by atoms with Gasteiger partial charge in [-0.15, -0.1) is 0 Å². The molecule has 0 radical (unpaired) electrons. The molecule has 1 N–H and O–H groups in total. The molecule has 82 valence electrons. The molecule has 1 aromatic rings. The lowest BCUT2D eigenvalue weighted by molar-refractivity contribution is -0.116. The van der Waals surface area contributed by atoms with Crippen LogP contribution in [0.15, 0.2) is 18.5 Å². The number of hydrogen-bond donors (Lipinski definition) is 1. The van der Waals surface area contributed by atoms with Gasteiger partial charge in [-0.1, -0.05) is 15.9 Å². The first-order valence-corrected chi connectivity index (χ1v) is 6.12. The smallest absolute Gasteiger partial charge is 0.224 e. The Morgan fingerprint density at radius 1 is 1.53 bits per heavy atom. The Bertz CT molecular complexity index is 328. The summed E-state index contributed by atoms with van der Waals surface area (Å²) in [5.41, 5.74) is 1.85. The highest BCUT2D eigenvalue weighted by molar-refractivity contribution is 9.09. The van der Waals surface area contributed by atoms with Gasteiger partial charge in [0.15, 0.2) is 0 Å². The number of hydrogen-bond acceptors (Lipinski definition) is 2. The number of aryl methyl sites for hydroxylation is 1. The van der Waals surface area contributed by atoms with E-state index in [-0.39, 0.29) is 5.91 Å². The van der Waals surface area contributed by atoms with Gasteiger partial charge in [0.1, 0.15) is 0 Å². The second-order valence-corrected chi connectivity index (χ2v) is 4.18. The van der Waals surface area contributed by atoms with Crippen LogP contribution in [0.5, 0.6) is 0 Å². The number of nitrogens with zero attached hydrogens (tertiary/aromatic N) is 1. The first-order valence-electron chi connectivity index (χ1n) is 5.00. The minimum Gasteiger partial charge on any atom is -0.326 e. The molecular formula is C11H15BrN2O. The van der Waals surface area contributed by atoms with E-state index in [0.29, 0.717) is 6.42 Å². The van der Waals surface area contributed by atoms with Crippen molar-refractivity contribution >= 4 is 27.5 Å². The summed E-state index contributed by atoms with van der Waals surface area (Å²) in [6.07, 6.45) is 5.95. The summed E-state index contributed by atoms with van der Waals surface area (Å²) in [6, 6.07) is 1.82. The third-order valence-electron chi connectivity index (χ3n) is 2.08. The second kappa shape index (κ2) is 6.56. The molecule has 0 atom stereocenters. The Hall–Kier alpha value is -0.900. The zero-order valence-corrected chi connectivity index (χ0v) is 10.4. The van der Waals surface area contributed by atoms with Crippen molar-refractivity contribution in [1.82, 2.24) is 4.98 Å². The van der Waals surface area contributed by atoms with Crippen LogP contribution in [0.3, 0.4) is 0 Å². The van der Waals surface area contributed by atoms with Gasteiger partial charge < -0.3 is 5.32 Å². The average Bonchev–Trinajstić information content (AvgIpc) is 2.22. The fourth-order valence-corrected chi connectivity index (χ4v) is 1.60. The van der Waals surface area contributed by atoms with Crippen LogP contribution in [0, 0.1) is 6.92 Å². The predicted octanol–water partition coefficient (Wildman–Crippen LogP) is 2.89. The summed E-state index contributed by atoms with van der Waals surface area (Å²) in [6.45, 7) is 1.93. The molecule has 1 rings (SSSR count). The number of unbranched alkanes of at least 4 members (excludes halogenated alkanes) is 1. The normalized spacial score (nSPS) is 10.0. The number of alkyl halides is 1. The van der Waals surface area contributed by atoms with Gasteiger partial charge in [0.25, 0.3) is 0 Å². The lowest BCUT2D eigenvalue weighted by Gasteiger charge is -2.06. The van der Waals surface area contributed by atoms with Crippen molar-refractivity contribution in [2.45, 2.75) is 26.2 Å². The number of halogens is 1.